The van der Waals surface area contributed by atoms with Gasteiger partial charge >= 0.3 is 0 Å². The largest absolute Gasteiger partial charge is 0.496 e. The third-order valence-corrected chi connectivity index (χ3v) is 3.44. The smallest absolute Gasteiger partial charge is 0.122 e. The van der Waals surface area contributed by atoms with Crippen molar-refractivity contribution in [3.63, 3.8) is 0 Å². The van der Waals surface area contributed by atoms with Gasteiger partial charge < -0.3 is 14.9 Å². The Bertz CT molecular complexity index is 386. The van der Waals surface area contributed by atoms with Crippen LogP contribution in [0.3, 0.4) is 0 Å². The van der Waals surface area contributed by atoms with Crippen molar-refractivity contribution in [2.45, 2.75) is 45.4 Å². The van der Waals surface area contributed by atoms with Gasteiger partial charge in [0.1, 0.15) is 5.75 Å². The average Bonchev–Trinajstić information content (AvgIpc) is 2.41. The van der Waals surface area contributed by atoms with Gasteiger partial charge in [-0.25, -0.2) is 0 Å². The molecule has 0 saturated carbocycles. The summed E-state index contributed by atoms with van der Waals surface area (Å²) in [6.07, 6.45) is 3.19. The Kier molecular flexibility index (Phi) is 6.89. The third-order valence-electron chi connectivity index (χ3n) is 3.44. The zero-order valence-corrected chi connectivity index (χ0v) is 12.3. The van der Waals surface area contributed by atoms with Crippen molar-refractivity contribution >= 4 is 0 Å². The summed E-state index contributed by atoms with van der Waals surface area (Å²) in [6, 6.07) is 4.14. The van der Waals surface area contributed by atoms with E-state index in [-0.39, 0.29) is 13.2 Å². The first kappa shape index (κ1) is 16.0. The molecule has 0 atom stereocenters. The van der Waals surface area contributed by atoms with Crippen LogP contribution in [0.1, 0.15) is 49.3 Å². The Morgan fingerprint density at radius 1 is 1.00 bits per heavy atom. The molecule has 0 saturated heterocycles. The van der Waals surface area contributed by atoms with Gasteiger partial charge in [-0.2, -0.15) is 0 Å². The molecular weight excluding hydrogens is 240 g/mol. The first-order valence-electron chi connectivity index (χ1n) is 7.06. The van der Waals surface area contributed by atoms with Gasteiger partial charge in [0.15, 0.2) is 0 Å². The van der Waals surface area contributed by atoms with Crippen LogP contribution in [0.5, 0.6) is 5.75 Å². The van der Waals surface area contributed by atoms with E-state index in [4.69, 9.17) is 14.9 Å². The summed E-state index contributed by atoms with van der Waals surface area (Å²) in [5, 5.41) is 18.1. The number of ether oxygens (including phenoxy) is 1. The maximum Gasteiger partial charge on any atom is 0.122 e. The number of hydrogen-bond donors (Lipinski definition) is 2. The molecule has 19 heavy (non-hydrogen) atoms. The summed E-state index contributed by atoms with van der Waals surface area (Å²) in [6.45, 7) is 4.75. The van der Waals surface area contributed by atoms with Gasteiger partial charge in [-0.1, -0.05) is 19.9 Å². The van der Waals surface area contributed by atoms with E-state index in [9.17, 15) is 0 Å². The fourth-order valence-electron chi connectivity index (χ4n) is 2.50. The number of rotatable bonds is 8. The quantitative estimate of drug-likeness (QED) is 0.760. The van der Waals surface area contributed by atoms with Crippen LogP contribution in [0.15, 0.2) is 12.1 Å². The summed E-state index contributed by atoms with van der Waals surface area (Å²) in [5.41, 5.74) is 3.80. The number of aliphatic hydroxyl groups excluding tert-OH is 2. The summed E-state index contributed by atoms with van der Waals surface area (Å²) >= 11 is 0. The minimum absolute atomic E-state index is 0.189. The highest BCUT2D eigenvalue weighted by molar-refractivity contribution is 5.46. The first-order valence-corrected chi connectivity index (χ1v) is 7.06. The topological polar surface area (TPSA) is 49.7 Å². The van der Waals surface area contributed by atoms with E-state index in [1.807, 2.05) is 6.07 Å². The van der Waals surface area contributed by atoms with Crippen LogP contribution in [-0.4, -0.2) is 30.5 Å². The maximum atomic E-state index is 9.08. The molecule has 0 aliphatic rings. The van der Waals surface area contributed by atoms with Gasteiger partial charge in [0.25, 0.3) is 0 Å². The van der Waals surface area contributed by atoms with Crippen molar-refractivity contribution < 1.29 is 14.9 Å². The van der Waals surface area contributed by atoms with Crippen LogP contribution < -0.4 is 4.74 Å². The van der Waals surface area contributed by atoms with Gasteiger partial charge in [0, 0.05) is 13.2 Å². The molecule has 0 spiro atoms. The van der Waals surface area contributed by atoms with E-state index < -0.39 is 0 Å². The molecular formula is C16H26O3. The number of benzene rings is 1. The van der Waals surface area contributed by atoms with Crippen molar-refractivity contribution in [3.05, 3.63) is 28.8 Å². The lowest BCUT2D eigenvalue weighted by molar-refractivity contribution is 0.285. The molecule has 0 aliphatic heterocycles. The van der Waals surface area contributed by atoms with Gasteiger partial charge in [-0.3, -0.25) is 0 Å². The van der Waals surface area contributed by atoms with Crippen molar-refractivity contribution in [2.24, 2.45) is 0 Å². The lowest BCUT2D eigenvalue weighted by atomic mass is 9.88. The van der Waals surface area contributed by atoms with Gasteiger partial charge in [0.2, 0.25) is 0 Å². The molecule has 2 N–H and O–H groups in total. The average molecular weight is 266 g/mol. The summed E-state index contributed by atoms with van der Waals surface area (Å²) in [5.74, 6) is 1.35. The third kappa shape index (κ3) is 4.22. The zero-order valence-electron chi connectivity index (χ0n) is 12.3. The summed E-state index contributed by atoms with van der Waals surface area (Å²) in [7, 11) is 1.68. The monoisotopic (exact) mass is 266 g/mol. The molecule has 1 rings (SSSR count). The minimum Gasteiger partial charge on any atom is -0.496 e. The Labute approximate surface area is 116 Å². The second-order valence-corrected chi connectivity index (χ2v) is 5.12. The molecule has 108 valence electrons. The Morgan fingerprint density at radius 3 is 2.05 bits per heavy atom. The second-order valence-electron chi connectivity index (χ2n) is 5.12. The molecule has 0 radical (unpaired) electrons. The van der Waals surface area contributed by atoms with Crippen LogP contribution in [0.25, 0.3) is 0 Å². The van der Waals surface area contributed by atoms with Crippen molar-refractivity contribution in [1.29, 1.82) is 0 Å². The highest BCUT2D eigenvalue weighted by atomic mass is 16.5. The molecule has 1 aromatic carbocycles. The highest BCUT2D eigenvalue weighted by Crippen LogP contribution is 2.31. The van der Waals surface area contributed by atoms with E-state index in [1.54, 1.807) is 7.11 Å². The second kappa shape index (κ2) is 8.18. The summed E-state index contributed by atoms with van der Waals surface area (Å²) in [4.78, 5) is 0. The fourth-order valence-corrected chi connectivity index (χ4v) is 2.50. The van der Waals surface area contributed by atoms with Gasteiger partial charge in [0.05, 0.1) is 7.11 Å². The first-order chi connectivity index (χ1) is 9.15. The SMILES string of the molecule is COc1ccc(C(C)C)c(CCCO)c1CCCO. The zero-order chi connectivity index (χ0) is 14.3. The van der Waals surface area contributed by atoms with Crippen molar-refractivity contribution in [3.8, 4) is 5.75 Å². The fraction of sp³-hybridized carbons (Fsp3) is 0.625. The van der Waals surface area contributed by atoms with E-state index in [2.05, 4.69) is 19.9 Å². The Balaban J connectivity index is 3.20. The van der Waals surface area contributed by atoms with Crippen LogP contribution in [0, 0.1) is 0 Å². The van der Waals surface area contributed by atoms with Crippen LogP contribution in [0.4, 0.5) is 0 Å². The number of aliphatic hydroxyl groups is 2. The standard InChI is InChI=1S/C16H26O3/c1-12(2)13-8-9-16(19-3)15(7-5-11-18)14(13)6-4-10-17/h8-9,12,17-18H,4-7,10-11H2,1-3H3. The lowest BCUT2D eigenvalue weighted by Gasteiger charge is -2.20. The molecule has 0 aromatic heterocycles. The summed E-state index contributed by atoms with van der Waals surface area (Å²) < 4.78 is 5.45. The minimum atomic E-state index is 0.189. The predicted molar refractivity (Wildman–Crippen MR) is 77.9 cm³/mol. The molecule has 0 fully saturated rings. The van der Waals surface area contributed by atoms with E-state index in [0.717, 1.165) is 31.4 Å². The van der Waals surface area contributed by atoms with Crippen molar-refractivity contribution in [1.82, 2.24) is 0 Å². The normalized spacial score (nSPS) is 11.1. The van der Waals surface area contributed by atoms with Crippen LogP contribution >= 0.6 is 0 Å². The Hall–Kier alpha value is -1.06. The molecule has 1 aromatic rings. The molecule has 3 nitrogen and oxygen atoms in total. The molecule has 0 unspecified atom stereocenters. The highest BCUT2D eigenvalue weighted by Gasteiger charge is 2.15. The number of hydrogen-bond acceptors (Lipinski definition) is 3. The van der Waals surface area contributed by atoms with E-state index in [1.165, 1.54) is 16.7 Å². The Morgan fingerprint density at radius 2 is 1.58 bits per heavy atom. The molecule has 3 heteroatoms. The number of methoxy groups -OCH3 is 1. The van der Waals surface area contributed by atoms with Crippen LogP contribution in [-0.2, 0) is 12.8 Å². The molecule has 0 aliphatic carbocycles. The van der Waals surface area contributed by atoms with E-state index >= 15 is 0 Å². The molecule has 0 heterocycles. The van der Waals surface area contributed by atoms with Gasteiger partial charge in [-0.15, -0.1) is 0 Å². The van der Waals surface area contributed by atoms with Crippen LogP contribution in [0.2, 0.25) is 0 Å². The maximum absolute atomic E-state index is 9.08. The van der Waals surface area contributed by atoms with E-state index in [0.29, 0.717) is 5.92 Å². The van der Waals surface area contributed by atoms with Crippen molar-refractivity contribution in [2.75, 3.05) is 20.3 Å². The molecule has 0 amide bonds. The van der Waals surface area contributed by atoms with Gasteiger partial charge in [-0.05, 0) is 54.4 Å². The molecule has 0 bridgehead atoms. The lowest BCUT2D eigenvalue weighted by Crippen LogP contribution is -2.06. The predicted octanol–water partition coefficient (Wildman–Crippen LogP) is 2.67.